The van der Waals surface area contributed by atoms with E-state index in [-0.39, 0.29) is 0 Å². The molecule has 0 amide bonds. The molecule has 14 aromatic rings. The summed E-state index contributed by atoms with van der Waals surface area (Å²) in [4.78, 5) is 0. The summed E-state index contributed by atoms with van der Waals surface area (Å²) in [7, 11) is 0. The summed E-state index contributed by atoms with van der Waals surface area (Å²) < 4.78 is 0. The number of allylic oxidation sites excluding steroid dienone is 2. The molecule has 0 spiro atoms. The van der Waals surface area contributed by atoms with Crippen molar-refractivity contribution in [1.82, 2.24) is 0 Å². The van der Waals surface area contributed by atoms with E-state index in [4.69, 9.17) is 0 Å². The van der Waals surface area contributed by atoms with Gasteiger partial charge in [-0.2, -0.15) is 0 Å². The number of rotatable bonds is 0. The maximum Gasteiger partial charge on any atom is 0.0358 e. The zero-order chi connectivity index (χ0) is 75.5. The van der Waals surface area contributed by atoms with Crippen molar-refractivity contribution >= 4 is 87.9 Å². The van der Waals surface area contributed by atoms with Crippen molar-refractivity contribution in [2.45, 2.75) is 178 Å². The Bertz CT molecular complexity index is 4010. The Hall–Kier alpha value is -9.88. The summed E-state index contributed by atoms with van der Waals surface area (Å²) in [5.41, 5.74) is 19.6. The normalized spacial score (nSPS) is 11.8. The lowest BCUT2D eigenvalue weighted by molar-refractivity contribution is 1.05. The molecule has 0 fully saturated rings. The van der Waals surface area contributed by atoms with Gasteiger partial charge < -0.3 is 0 Å². The highest BCUT2D eigenvalue weighted by Crippen LogP contribution is 2.55. The topological polar surface area (TPSA) is 0 Å². The van der Waals surface area contributed by atoms with Crippen LogP contribution < -0.4 is 0 Å². The molecule has 2 atom stereocenters. The second-order valence-corrected chi connectivity index (χ2v) is 20.9. The van der Waals surface area contributed by atoms with E-state index in [9.17, 15) is 0 Å². The monoisotopic (exact) mass is 1350 g/mol. The summed E-state index contributed by atoms with van der Waals surface area (Å²) in [6.07, 6.45) is 4.74. The van der Waals surface area contributed by atoms with Crippen molar-refractivity contribution in [2.75, 3.05) is 0 Å². The van der Waals surface area contributed by atoms with Crippen LogP contribution in [-0.4, -0.2) is 0 Å². The molecule has 4 aliphatic carbocycles. The van der Waals surface area contributed by atoms with Gasteiger partial charge in [0.1, 0.15) is 0 Å². The number of fused-ring (bicyclic) bond motifs is 28. The minimum absolute atomic E-state index is 0.396. The highest BCUT2D eigenvalue weighted by molar-refractivity contribution is 6.26. The van der Waals surface area contributed by atoms with Crippen LogP contribution in [0.4, 0.5) is 0 Å². The van der Waals surface area contributed by atoms with Crippen molar-refractivity contribution in [1.29, 1.82) is 0 Å². The van der Waals surface area contributed by atoms with E-state index in [0.717, 1.165) is 0 Å². The third-order valence-electron chi connectivity index (χ3n) is 16.8. The lowest BCUT2D eigenvalue weighted by Gasteiger charge is -2.28. The first-order chi connectivity index (χ1) is 50.8. The molecule has 0 radical (unpaired) electrons. The van der Waals surface area contributed by atoms with Gasteiger partial charge in [0.25, 0.3) is 0 Å². The standard InChI is InChI=1S/2C21H14.2C18H12.12C2H6/c2*1-2-8-15-14(7-1)13-20-18-11-4-3-9-16(18)17-10-5-6-12-19(17)21(15)20;2*1-2-8-14-13(7-1)15-9-3-4-11-17(15)18-12-6-5-10-16(14)18;12*1-2/h2*1-13,21H;2*1-12H;12*1-2H3. The SMILES string of the molecule is C1=C2c3ccccc3-c3ccccc3C2c2ccccc21.C1=C2c3ccccc3-c3ccccc3C2c2ccccc21.CC.CC.CC.CC.CC.CC.CC.CC.CC.CC.CC.CC.c1ccc2c(c1)c1ccccc1c1ccccc21.c1ccc2c(c1)c1ccccc1c1ccccc21. The predicted molar refractivity (Wildman–Crippen MR) is 470 cm³/mol. The zero-order valence-electron chi connectivity index (χ0n) is 67.0. The summed E-state index contributed by atoms with van der Waals surface area (Å²) in [5, 5.41) is 16.1. The molecule has 0 heteroatoms. The van der Waals surface area contributed by atoms with Gasteiger partial charge >= 0.3 is 0 Å². The molecule has 2 unspecified atom stereocenters. The van der Waals surface area contributed by atoms with Crippen LogP contribution in [0.25, 0.3) is 110 Å². The summed E-state index contributed by atoms with van der Waals surface area (Å²) in [6, 6.07) is 105. The van der Waals surface area contributed by atoms with Gasteiger partial charge in [-0.25, -0.2) is 0 Å². The van der Waals surface area contributed by atoms with E-state index < -0.39 is 0 Å². The Morgan fingerprint density at radius 1 is 0.137 bits per heavy atom. The summed E-state index contributed by atoms with van der Waals surface area (Å²) >= 11 is 0. The molecule has 0 aromatic heterocycles. The molecule has 18 rings (SSSR count). The van der Waals surface area contributed by atoms with E-state index in [1.54, 1.807) is 0 Å². The maximum atomic E-state index is 2.37. The summed E-state index contributed by atoms with van der Waals surface area (Å²) in [5.74, 6) is 0.791. The molecule has 0 saturated carbocycles. The van der Waals surface area contributed by atoms with Gasteiger partial charge in [-0.05, 0) is 155 Å². The van der Waals surface area contributed by atoms with Gasteiger partial charge in [-0.15, -0.1) is 0 Å². The molecular weight excluding hydrogens is 1230 g/mol. The van der Waals surface area contributed by atoms with Crippen molar-refractivity contribution in [3.63, 3.8) is 0 Å². The second-order valence-electron chi connectivity index (χ2n) is 20.9. The number of hydrogen-bond acceptors (Lipinski definition) is 0. The van der Waals surface area contributed by atoms with E-state index in [2.05, 4.69) is 303 Å². The largest absolute Gasteiger partial charge is 0.0683 e. The van der Waals surface area contributed by atoms with Crippen LogP contribution >= 0.6 is 0 Å². The molecule has 102 heavy (non-hydrogen) atoms. The lowest BCUT2D eigenvalue weighted by atomic mass is 9.75. The first-order valence-corrected chi connectivity index (χ1v) is 39.3. The van der Waals surface area contributed by atoms with E-state index in [1.165, 1.54) is 143 Å². The van der Waals surface area contributed by atoms with Crippen LogP contribution in [0.1, 0.15) is 223 Å². The molecule has 14 aromatic carbocycles. The molecule has 0 nitrogen and oxygen atoms in total. The van der Waals surface area contributed by atoms with Crippen molar-refractivity contribution < 1.29 is 0 Å². The highest BCUT2D eigenvalue weighted by Gasteiger charge is 2.35. The van der Waals surface area contributed by atoms with E-state index in [1.807, 2.05) is 166 Å². The Balaban J connectivity index is 0.000000322. The van der Waals surface area contributed by atoms with Gasteiger partial charge in [0.05, 0.1) is 0 Å². The molecule has 0 heterocycles. The average molecular weight is 1350 g/mol. The van der Waals surface area contributed by atoms with Crippen LogP contribution in [-0.2, 0) is 0 Å². The van der Waals surface area contributed by atoms with Crippen LogP contribution in [0.5, 0.6) is 0 Å². The van der Waals surface area contributed by atoms with Gasteiger partial charge in [0.15, 0.2) is 0 Å². The van der Waals surface area contributed by atoms with Crippen LogP contribution in [0, 0.1) is 0 Å². The maximum absolute atomic E-state index is 2.37. The average Bonchev–Trinajstić information content (AvgIpc) is 1.49. The zero-order valence-corrected chi connectivity index (χ0v) is 67.0. The van der Waals surface area contributed by atoms with E-state index >= 15 is 0 Å². The fraction of sp³-hybridized carbons (Fsp3) is 0.255. The second kappa shape index (κ2) is 48.0. The fourth-order valence-corrected chi connectivity index (χ4v) is 13.4. The van der Waals surface area contributed by atoms with Crippen molar-refractivity contribution in [3.8, 4) is 22.3 Å². The van der Waals surface area contributed by atoms with Crippen LogP contribution in [0.2, 0.25) is 0 Å². The molecule has 0 saturated heterocycles. The molecular formula is C102H124. The van der Waals surface area contributed by atoms with Crippen molar-refractivity contribution in [2.24, 2.45) is 0 Å². The van der Waals surface area contributed by atoms with Gasteiger partial charge in [0, 0.05) is 11.8 Å². The molecule has 0 aliphatic heterocycles. The quantitative estimate of drug-likeness (QED) is 0.133. The van der Waals surface area contributed by atoms with Crippen LogP contribution in [0.15, 0.2) is 291 Å². The Kier molecular flexibility index (Phi) is 40.7. The van der Waals surface area contributed by atoms with Gasteiger partial charge in [-0.1, -0.05) is 457 Å². The molecule has 0 N–H and O–H groups in total. The minimum atomic E-state index is 0.396. The smallest absolute Gasteiger partial charge is 0.0358 e. The van der Waals surface area contributed by atoms with Gasteiger partial charge in [-0.3, -0.25) is 0 Å². The van der Waals surface area contributed by atoms with Gasteiger partial charge in [0.2, 0.25) is 0 Å². The molecule has 532 valence electrons. The Morgan fingerprint density at radius 3 is 0.490 bits per heavy atom. The first kappa shape index (κ1) is 86.3. The third-order valence-corrected chi connectivity index (χ3v) is 16.8. The number of hydrogen-bond donors (Lipinski definition) is 0. The van der Waals surface area contributed by atoms with Crippen LogP contribution in [0.3, 0.4) is 0 Å². The van der Waals surface area contributed by atoms with Crippen molar-refractivity contribution in [3.05, 3.63) is 336 Å². The summed E-state index contributed by atoms with van der Waals surface area (Å²) in [6.45, 7) is 48.0. The minimum Gasteiger partial charge on any atom is -0.0683 e. The molecule has 0 bridgehead atoms. The lowest BCUT2D eigenvalue weighted by Crippen LogP contribution is -2.09. The fourth-order valence-electron chi connectivity index (χ4n) is 13.4. The number of benzene rings is 14. The molecule has 4 aliphatic rings. The predicted octanol–water partition coefficient (Wildman–Crippen LogP) is 33.3. The highest BCUT2D eigenvalue weighted by atomic mass is 14.4. The third kappa shape index (κ3) is 19.0. The van der Waals surface area contributed by atoms with E-state index in [0.29, 0.717) is 11.8 Å². The Labute approximate surface area is 620 Å². The first-order valence-electron chi connectivity index (χ1n) is 39.3. The Morgan fingerprint density at radius 2 is 0.284 bits per heavy atom.